The van der Waals surface area contributed by atoms with Gasteiger partial charge >= 0.3 is 0 Å². The van der Waals surface area contributed by atoms with E-state index >= 15 is 0 Å². The maximum absolute atomic E-state index is 9.00. The molecule has 0 amide bonds. The van der Waals surface area contributed by atoms with E-state index in [1.54, 1.807) is 0 Å². The van der Waals surface area contributed by atoms with Crippen molar-refractivity contribution >= 4 is 23.9 Å². The molecule has 0 atom stereocenters. The van der Waals surface area contributed by atoms with Crippen molar-refractivity contribution in [2.75, 3.05) is 0 Å². The van der Waals surface area contributed by atoms with Gasteiger partial charge in [0.25, 0.3) is 23.9 Å². The molecule has 0 spiro atoms. The Hall–Kier alpha value is -0.834. The summed E-state index contributed by atoms with van der Waals surface area (Å²) in [5.41, 5.74) is 0. The van der Waals surface area contributed by atoms with Gasteiger partial charge in [0.15, 0.2) is 0 Å². The van der Waals surface area contributed by atoms with E-state index in [0.29, 0.717) is 0 Å². The van der Waals surface area contributed by atoms with Crippen molar-refractivity contribution in [1.29, 1.82) is 0 Å². The first kappa shape index (κ1) is 36.0. The second-order valence-electron chi connectivity index (χ2n) is 2.08. The van der Waals surface area contributed by atoms with Crippen LogP contribution in [0.2, 0.25) is 0 Å². The molecular weight excluding hydrogens is 396 g/mol. The van der Waals surface area contributed by atoms with Crippen LogP contribution in [0.5, 0.6) is 0 Å². The van der Waals surface area contributed by atoms with Crippen LogP contribution >= 0.6 is 0 Å². The molecule has 0 unspecified atom stereocenters. The maximum Gasteiger partial charge on any atom is 0.300 e. The smallest absolute Gasteiger partial charge is 0.300 e. The van der Waals surface area contributed by atoms with Crippen molar-refractivity contribution in [2.24, 2.45) is 0 Å². The summed E-state index contributed by atoms with van der Waals surface area (Å²) in [7, 11) is 0. The van der Waals surface area contributed by atoms with Crippen molar-refractivity contribution < 1.29 is 79.5 Å². The van der Waals surface area contributed by atoms with E-state index in [2.05, 4.69) is 0 Å². The van der Waals surface area contributed by atoms with Gasteiger partial charge in [-0.15, -0.1) is 0 Å². The number of carbonyl (C=O) groups is 4. The van der Waals surface area contributed by atoms with Gasteiger partial charge in [-0.2, -0.15) is 0 Å². The molecule has 0 aromatic heterocycles. The molecule has 0 rings (SSSR count). The standard InChI is InChI=1S/4C2H4O2.Pd.Zn/c4*1-2(3)4;;/h4*1H3,(H,3,4);;. The average Bonchev–Trinajstić information content (AvgIpc) is 1.76. The van der Waals surface area contributed by atoms with E-state index in [1.165, 1.54) is 0 Å². The predicted octanol–water partition coefficient (Wildman–Crippen LogP) is 0.359. The molecule has 0 aliphatic carbocycles. The second kappa shape index (κ2) is 29.8. The van der Waals surface area contributed by atoms with E-state index in [1.807, 2.05) is 0 Å². The number of carboxylic acid groups (broad SMARTS) is 4. The first-order valence-corrected chi connectivity index (χ1v) is 3.71. The van der Waals surface area contributed by atoms with E-state index in [0.717, 1.165) is 27.7 Å². The Morgan fingerprint density at radius 1 is 0.556 bits per heavy atom. The Labute approximate surface area is 131 Å². The molecule has 0 saturated carbocycles. The molecule has 0 heterocycles. The van der Waals surface area contributed by atoms with Crippen molar-refractivity contribution in [2.45, 2.75) is 27.7 Å². The Morgan fingerprint density at radius 3 is 0.556 bits per heavy atom. The maximum atomic E-state index is 9.00. The number of rotatable bonds is 0. The zero-order valence-corrected chi connectivity index (χ0v) is 15.0. The molecule has 0 aliphatic rings. The number of aliphatic carboxylic acids is 4. The molecule has 0 aromatic rings. The molecule has 0 aliphatic heterocycles. The van der Waals surface area contributed by atoms with Crippen molar-refractivity contribution in [3.8, 4) is 0 Å². The van der Waals surface area contributed by atoms with E-state index in [-0.39, 0.29) is 39.9 Å². The third kappa shape index (κ3) is 4370. The number of hydrogen-bond acceptors (Lipinski definition) is 4. The summed E-state index contributed by atoms with van der Waals surface area (Å²) in [6, 6.07) is 0. The molecule has 0 fully saturated rings. The summed E-state index contributed by atoms with van der Waals surface area (Å²) < 4.78 is 0. The zero-order valence-electron chi connectivity index (χ0n) is 10.4. The van der Waals surface area contributed by atoms with Gasteiger partial charge in [0, 0.05) is 67.6 Å². The van der Waals surface area contributed by atoms with Crippen LogP contribution in [0, 0.1) is 0 Å². The number of carboxylic acids is 4. The fourth-order valence-corrected chi connectivity index (χ4v) is 0. The van der Waals surface area contributed by atoms with Gasteiger partial charge in [-0.3, -0.25) is 19.2 Å². The largest absolute Gasteiger partial charge is 0.481 e. The molecule has 0 bridgehead atoms. The first-order valence-electron chi connectivity index (χ1n) is 3.71. The van der Waals surface area contributed by atoms with Crippen LogP contribution in [0.3, 0.4) is 0 Å². The van der Waals surface area contributed by atoms with Crippen molar-refractivity contribution in [3.63, 3.8) is 0 Å². The van der Waals surface area contributed by atoms with Crippen LogP contribution < -0.4 is 0 Å². The molecule has 0 saturated heterocycles. The molecule has 10 heteroatoms. The molecule has 18 heavy (non-hydrogen) atoms. The normalized spacial score (nSPS) is 5.56. The summed E-state index contributed by atoms with van der Waals surface area (Å²) >= 11 is 0. The van der Waals surface area contributed by atoms with Gasteiger partial charge in [-0.25, -0.2) is 0 Å². The molecular formula is C8H16O8PdZn. The van der Waals surface area contributed by atoms with Crippen LogP contribution in [0.4, 0.5) is 0 Å². The fourth-order valence-electron chi connectivity index (χ4n) is 0. The third-order valence-corrected chi connectivity index (χ3v) is 0. The van der Waals surface area contributed by atoms with Gasteiger partial charge in [0.2, 0.25) is 0 Å². The summed E-state index contributed by atoms with van der Waals surface area (Å²) in [6.45, 7) is 4.33. The Kier molecular flexibility index (Phi) is 59.6. The summed E-state index contributed by atoms with van der Waals surface area (Å²) in [4.78, 5) is 36.0. The molecule has 108 valence electrons. The zero-order chi connectivity index (χ0) is 14.3. The van der Waals surface area contributed by atoms with Crippen molar-refractivity contribution in [3.05, 3.63) is 0 Å². The minimum Gasteiger partial charge on any atom is -0.481 e. The Morgan fingerprint density at radius 2 is 0.556 bits per heavy atom. The fraction of sp³-hybridized carbons (Fsp3) is 0.500. The van der Waals surface area contributed by atoms with Gasteiger partial charge in [0.05, 0.1) is 0 Å². The predicted molar refractivity (Wildman–Crippen MR) is 53.2 cm³/mol. The number of hydrogen-bond donors (Lipinski definition) is 4. The van der Waals surface area contributed by atoms with Crippen LogP contribution in [-0.2, 0) is 59.1 Å². The van der Waals surface area contributed by atoms with Gasteiger partial charge in [0.1, 0.15) is 0 Å². The molecule has 0 aromatic carbocycles. The van der Waals surface area contributed by atoms with Crippen LogP contribution in [0.15, 0.2) is 0 Å². The SMILES string of the molecule is CC(=O)O.CC(=O)O.CC(=O)O.CC(=O)O.[Pd].[Zn]. The van der Waals surface area contributed by atoms with Crippen molar-refractivity contribution in [1.82, 2.24) is 0 Å². The monoisotopic (exact) mass is 410 g/mol. The Balaban J connectivity index is -0.0000000257. The van der Waals surface area contributed by atoms with E-state index in [4.69, 9.17) is 39.6 Å². The minimum absolute atomic E-state index is 0. The van der Waals surface area contributed by atoms with E-state index in [9.17, 15) is 0 Å². The molecule has 0 radical (unpaired) electrons. The minimum atomic E-state index is -0.833. The summed E-state index contributed by atoms with van der Waals surface area (Å²) in [5.74, 6) is -3.33. The average molecular weight is 412 g/mol. The first-order chi connectivity index (χ1) is 6.93. The second-order valence-corrected chi connectivity index (χ2v) is 2.08. The topological polar surface area (TPSA) is 149 Å². The molecule has 4 N–H and O–H groups in total. The quantitative estimate of drug-likeness (QED) is 0.417. The molecule has 8 nitrogen and oxygen atoms in total. The summed E-state index contributed by atoms with van der Waals surface area (Å²) in [6.07, 6.45) is 0. The summed E-state index contributed by atoms with van der Waals surface area (Å²) in [5, 5.41) is 29.7. The van der Waals surface area contributed by atoms with Crippen LogP contribution in [-0.4, -0.2) is 44.3 Å². The van der Waals surface area contributed by atoms with E-state index < -0.39 is 23.9 Å². The van der Waals surface area contributed by atoms with Crippen LogP contribution in [0.1, 0.15) is 27.7 Å². The van der Waals surface area contributed by atoms with Gasteiger partial charge in [-0.05, 0) is 0 Å². The third-order valence-electron chi connectivity index (χ3n) is 0. The van der Waals surface area contributed by atoms with Gasteiger partial charge in [-0.1, -0.05) is 0 Å². The van der Waals surface area contributed by atoms with Crippen LogP contribution in [0.25, 0.3) is 0 Å². The van der Waals surface area contributed by atoms with Gasteiger partial charge < -0.3 is 20.4 Å². The Bertz CT molecular complexity index is 167.